The minimum atomic E-state index is 0.0943. The van der Waals surface area contributed by atoms with E-state index in [1.165, 1.54) is 12.8 Å². The minimum Gasteiger partial charge on any atom is -0.338 e. The molecule has 0 atom stereocenters. The number of rotatable bonds is 5. The highest BCUT2D eigenvalue weighted by Gasteiger charge is 2.29. The molecule has 2 aromatic heterocycles. The Labute approximate surface area is 177 Å². The fourth-order valence-electron chi connectivity index (χ4n) is 3.40. The van der Waals surface area contributed by atoms with Crippen molar-refractivity contribution in [2.75, 3.05) is 26.2 Å². The first-order valence-electron chi connectivity index (χ1n) is 9.71. The lowest BCUT2D eigenvalue weighted by molar-refractivity contribution is 0.0619. The summed E-state index contributed by atoms with van der Waals surface area (Å²) < 4.78 is 5.40. The second-order valence-corrected chi connectivity index (χ2v) is 8.92. The van der Waals surface area contributed by atoms with Crippen LogP contribution in [0.4, 0.5) is 0 Å². The van der Waals surface area contributed by atoms with Gasteiger partial charge in [0.25, 0.3) is 5.91 Å². The molecule has 1 aliphatic heterocycles. The monoisotopic (exact) mass is 429 g/mol. The summed E-state index contributed by atoms with van der Waals surface area (Å²) in [6.45, 7) is 3.51. The second-order valence-electron chi connectivity index (χ2n) is 7.42. The summed E-state index contributed by atoms with van der Waals surface area (Å²) >= 11 is 7.47. The van der Waals surface area contributed by atoms with Gasteiger partial charge in [0.1, 0.15) is 4.88 Å². The summed E-state index contributed by atoms with van der Waals surface area (Å²) in [6.07, 6.45) is 4.15. The minimum absolute atomic E-state index is 0.0943. The van der Waals surface area contributed by atoms with Crippen LogP contribution in [0.15, 0.2) is 35.0 Å². The Hall–Kier alpha value is -2.29. The highest BCUT2D eigenvalue weighted by Crippen LogP contribution is 2.41. The number of thiazole rings is 1. The molecule has 2 fully saturated rings. The van der Waals surface area contributed by atoms with Gasteiger partial charge in [0.2, 0.25) is 11.7 Å². The number of carbonyl (C=O) groups is 1. The van der Waals surface area contributed by atoms with E-state index < -0.39 is 0 Å². The fraction of sp³-hybridized carbons (Fsp3) is 0.400. The van der Waals surface area contributed by atoms with Crippen LogP contribution in [-0.4, -0.2) is 57.0 Å². The zero-order chi connectivity index (χ0) is 19.8. The quantitative estimate of drug-likeness (QED) is 0.615. The Morgan fingerprint density at radius 1 is 1.17 bits per heavy atom. The van der Waals surface area contributed by atoms with Crippen LogP contribution in [0.25, 0.3) is 11.4 Å². The van der Waals surface area contributed by atoms with Gasteiger partial charge in [-0.3, -0.25) is 9.69 Å². The number of benzene rings is 1. The third kappa shape index (κ3) is 4.19. The molecule has 0 unspecified atom stereocenters. The Bertz CT molecular complexity index is 1010. The molecule has 3 heterocycles. The number of carbonyl (C=O) groups excluding carboxylic acids is 1. The largest absolute Gasteiger partial charge is 0.338 e. The van der Waals surface area contributed by atoms with Gasteiger partial charge < -0.3 is 9.42 Å². The molecule has 0 spiro atoms. The van der Waals surface area contributed by atoms with Crippen LogP contribution in [0.1, 0.15) is 39.3 Å². The second kappa shape index (κ2) is 7.85. The van der Waals surface area contributed by atoms with Crippen molar-refractivity contribution < 1.29 is 9.32 Å². The first kappa shape index (κ1) is 18.7. The van der Waals surface area contributed by atoms with Crippen LogP contribution in [0.2, 0.25) is 5.02 Å². The maximum atomic E-state index is 12.7. The predicted octanol–water partition coefficient (Wildman–Crippen LogP) is 3.68. The maximum Gasteiger partial charge on any atom is 0.265 e. The highest BCUT2D eigenvalue weighted by molar-refractivity contribution is 7.13. The Morgan fingerprint density at radius 2 is 1.93 bits per heavy atom. The molecular weight excluding hydrogens is 410 g/mol. The molecular formula is C20H20ClN5O2S. The number of halogens is 1. The number of hydrogen-bond donors (Lipinski definition) is 0. The molecule has 3 aromatic rings. The molecule has 9 heteroatoms. The Balaban J connectivity index is 1.16. The zero-order valence-electron chi connectivity index (χ0n) is 15.8. The van der Waals surface area contributed by atoms with Gasteiger partial charge in [-0.2, -0.15) is 4.98 Å². The Morgan fingerprint density at radius 3 is 2.66 bits per heavy atom. The molecule has 1 saturated carbocycles. The molecule has 1 saturated heterocycles. The van der Waals surface area contributed by atoms with Gasteiger partial charge in [0.15, 0.2) is 0 Å². The molecule has 1 aromatic carbocycles. The average molecular weight is 430 g/mol. The van der Waals surface area contributed by atoms with Crippen LogP contribution < -0.4 is 0 Å². The van der Waals surface area contributed by atoms with Crippen molar-refractivity contribution in [3.8, 4) is 11.4 Å². The maximum absolute atomic E-state index is 12.7. The van der Waals surface area contributed by atoms with E-state index >= 15 is 0 Å². The first-order valence-corrected chi connectivity index (χ1v) is 10.9. The van der Waals surface area contributed by atoms with Crippen LogP contribution in [-0.2, 0) is 6.54 Å². The summed E-state index contributed by atoms with van der Waals surface area (Å²) in [5.74, 6) is 1.82. The van der Waals surface area contributed by atoms with Crippen molar-refractivity contribution in [2.24, 2.45) is 0 Å². The molecule has 1 aliphatic carbocycles. The van der Waals surface area contributed by atoms with E-state index in [2.05, 4.69) is 20.0 Å². The summed E-state index contributed by atoms with van der Waals surface area (Å²) in [6, 6.07) is 7.35. The molecule has 29 heavy (non-hydrogen) atoms. The van der Waals surface area contributed by atoms with Gasteiger partial charge >= 0.3 is 0 Å². The summed E-state index contributed by atoms with van der Waals surface area (Å²) in [5, 5.41) is 5.84. The molecule has 7 nitrogen and oxygen atoms in total. The number of piperazine rings is 1. The van der Waals surface area contributed by atoms with Gasteiger partial charge in [0.05, 0.1) is 17.7 Å². The SMILES string of the molecule is O=C(c1cnc(C2CC2)s1)N1CCN(Cc2nc(-c3ccc(Cl)cc3)no2)CC1. The topological polar surface area (TPSA) is 75.4 Å². The summed E-state index contributed by atoms with van der Waals surface area (Å²) in [7, 11) is 0. The number of aromatic nitrogens is 3. The zero-order valence-corrected chi connectivity index (χ0v) is 17.3. The third-order valence-corrected chi connectivity index (χ3v) is 6.65. The number of hydrogen-bond acceptors (Lipinski definition) is 7. The van der Waals surface area contributed by atoms with Gasteiger partial charge in [0, 0.05) is 42.7 Å². The van der Waals surface area contributed by atoms with Crippen molar-refractivity contribution in [3.05, 3.63) is 51.3 Å². The smallest absolute Gasteiger partial charge is 0.265 e. The standard InChI is InChI=1S/C20H20ClN5O2S/c21-15-5-3-13(4-6-15)18-23-17(28-24-18)12-25-7-9-26(10-8-25)20(27)16-11-22-19(29-16)14-1-2-14/h3-6,11,14H,1-2,7-10,12H2. The lowest BCUT2D eigenvalue weighted by atomic mass is 10.2. The molecule has 2 aliphatic rings. The van der Waals surface area contributed by atoms with E-state index in [1.54, 1.807) is 29.7 Å². The molecule has 0 N–H and O–H groups in total. The lowest BCUT2D eigenvalue weighted by Gasteiger charge is -2.33. The van der Waals surface area contributed by atoms with Crippen LogP contribution in [0.3, 0.4) is 0 Å². The van der Waals surface area contributed by atoms with Crippen molar-refractivity contribution >= 4 is 28.8 Å². The van der Waals surface area contributed by atoms with Gasteiger partial charge in [-0.05, 0) is 37.1 Å². The summed E-state index contributed by atoms with van der Waals surface area (Å²) in [5.41, 5.74) is 0.870. The molecule has 1 amide bonds. The molecule has 150 valence electrons. The van der Waals surface area contributed by atoms with Gasteiger partial charge in [-0.1, -0.05) is 16.8 Å². The first-order chi connectivity index (χ1) is 14.2. The molecule has 0 radical (unpaired) electrons. The molecule has 5 rings (SSSR count). The normalized spacial score (nSPS) is 17.6. The average Bonchev–Trinajstić information content (AvgIpc) is 3.29. The predicted molar refractivity (Wildman–Crippen MR) is 110 cm³/mol. The van der Waals surface area contributed by atoms with E-state index in [1.807, 2.05) is 17.0 Å². The van der Waals surface area contributed by atoms with E-state index in [-0.39, 0.29) is 5.91 Å². The lowest BCUT2D eigenvalue weighted by Crippen LogP contribution is -2.48. The van der Waals surface area contributed by atoms with Crippen LogP contribution in [0.5, 0.6) is 0 Å². The van der Waals surface area contributed by atoms with E-state index in [0.29, 0.717) is 42.3 Å². The number of nitrogens with zero attached hydrogens (tertiary/aromatic N) is 5. The van der Waals surface area contributed by atoms with Crippen LogP contribution >= 0.6 is 22.9 Å². The van der Waals surface area contributed by atoms with Crippen molar-refractivity contribution in [2.45, 2.75) is 25.3 Å². The van der Waals surface area contributed by atoms with Crippen LogP contribution in [0, 0.1) is 0 Å². The summed E-state index contributed by atoms with van der Waals surface area (Å²) in [4.78, 5) is 26.5. The third-order valence-electron chi connectivity index (χ3n) is 5.25. The van der Waals surface area contributed by atoms with Gasteiger partial charge in [-0.15, -0.1) is 11.3 Å². The van der Waals surface area contributed by atoms with Gasteiger partial charge in [-0.25, -0.2) is 4.98 Å². The fourth-order valence-corrected chi connectivity index (χ4v) is 4.58. The van der Waals surface area contributed by atoms with Crippen molar-refractivity contribution in [3.63, 3.8) is 0 Å². The van der Waals surface area contributed by atoms with Crippen molar-refractivity contribution in [1.82, 2.24) is 24.9 Å². The van der Waals surface area contributed by atoms with Crippen molar-refractivity contribution in [1.29, 1.82) is 0 Å². The van der Waals surface area contributed by atoms with E-state index in [9.17, 15) is 4.79 Å². The highest BCUT2D eigenvalue weighted by atomic mass is 35.5. The molecule has 0 bridgehead atoms. The Kier molecular flexibility index (Phi) is 5.07. The number of amides is 1. The van der Waals surface area contributed by atoms with E-state index in [0.717, 1.165) is 28.5 Å². The van der Waals surface area contributed by atoms with E-state index in [4.69, 9.17) is 16.1 Å².